The molecular weight excluding hydrogens is 700 g/mol. The number of carboxylic acid groups (broad SMARTS) is 2. The molecule has 2 aromatic rings. The molecule has 2 rings (SSSR count). The Morgan fingerprint density at radius 1 is 0.885 bits per heavy atom. The average molecular weight is 749 g/mol. The summed E-state index contributed by atoms with van der Waals surface area (Å²) in [6.07, 6.45) is 1.49. The minimum Gasteiger partial charge on any atom is -0.481 e. The monoisotopic (exact) mass is 748 g/mol. The SMILES string of the molecule is CC[C@H](C)[C@H](N)C(=O)N[C@@H](CCCN=C(N)N)C(=O)N[C@@H](Cc1c[nH]c2ccccc12)C(=O)N[C@@H](CC(=O)O)C(=O)NCC(=O)N[C@@H](CS)C(=O)O. The van der Waals surface area contributed by atoms with Crippen molar-refractivity contribution < 1.29 is 43.8 Å². The van der Waals surface area contributed by atoms with E-state index in [1.807, 2.05) is 6.92 Å². The van der Waals surface area contributed by atoms with Gasteiger partial charge in [0.1, 0.15) is 24.2 Å². The number of benzene rings is 1. The number of para-hydroxylation sites is 1. The number of amides is 5. The van der Waals surface area contributed by atoms with Gasteiger partial charge in [0.25, 0.3) is 0 Å². The molecule has 19 nitrogen and oxygen atoms in total. The zero-order chi connectivity index (χ0) is 39.0. The molecule has 1 aromatic carbocycles. The van der Waals surface area contributed by atoms with Crippen LogP contribution in [-0.2, 0) is 40.0 Å². The predicted octanol–water partition coefficient (Wildman–Crippen LogP) is -2.32. The topological polar surface area (TPSA) is 326 Å². The first-order chi connectivity index (χ1) is 24.6. The van der Waals surface area contributed by atoms with Crippen LogP contribution in [0.5, 0.6) is 0 Å². The fraction of sp³-hybridized carbons (Fsp3) is 0.500. The number of carbonyl (C=O) groups is 7. The Morgan fingerprint density at radius 2 is 1.52 bits per heavy atom. The summed E-state index contributed by atoms with van der Waals surface area (Å²) in [5, 5.41) is 31.3. The molecule has 5 amide bonds. The van der Waals surface area contributed by atoms with Crippen LogP contribution < -0.4 is 43.8 Å². The molecule has 52 heavy (non-hydrogen) atoms. The summed E-state index contributed by atoms with van der Waals surface area (Å²) in [6.45, 7) is 3.03. The number of carboxylic acids is 2. The highest BCUT2D eigenvalue weighted by molar-refractivity contribution is 7.80. The maximum absolute atomic E-state index is 13.8. The van der Waals surface area contributed by atoms with Gasteiger partial charge >= 0.3 is 11.9 Å². The smallest absolute Gasteiger partial charge is 0.327 e. The summed E-state index contributed by atoms with van der Waals surface area (Å²) >= 11 is 3.85. The van der Waals surface area contributed by atoms with E-state index < -0.39 is 84.6 Å². The molecule has 0 bridgehead atoms. The number of aromatic nitrogens is 1. The maximum Gasteiger partial charge on any atom is 0.327 e. The van der Waals surface area contributed by atoms with Gasteiger partial charge in [0.2, 0.25) is 29.5 Å². The first kappa shape index (κ1) is 42.8. The summed E-state index contributed by atoms with van der Waals surface area (Å²) in [5.41, 5.74) is 18.3. The van der Waals surface area contributed by atoms with Gasteiger partial charge in [-0.2, -0.15) is 12.6 Å². The van der Waals surface area contributed by atoms with Crippen LogP contribution in [0.4, 0.5) is 0 Å². The molecule has 0 saturated carbocycles. The van der Waals surface area contributed by atoms with E-state index >= 15 is 0 Å². The molecule has 0 saturated heterocycles. The van der Waals surface area contributed by atoms with Gasteiger partial charge in [0.15, 0.2) is 5.96 Å². The number of aliphatic carboxylic acids is 2. The normalized spacial score (nSPS) is 14.4. The first-order valence-electron chi connectivity index (χ1n) is 16.5. The zero-order valence-electron chi connectivity index (χ0n) is 28.9. The highest BCUT2D eigenvalue weighted by atomic mass is 32.1. The van der Waals surface area contributed by atoms with E-state index in [2.05, 4.69) is 49.2 Å². The molecule has 1 heterocycles. The lowest BCUT2D eigenvalue weighted by molar-refractivity contribution is -0.142. The van der Waals surface area contributed by atoms with E-state index in [0.717, 1.165) is 10.9 Å². The molecule has 0 aliphatic carbocycles. The molecule has 0 fully saturated rings. The van der Waals surface area contributed by atoms with Gasteiger partial charge in [0.05, 0.1) is 19.0 Å². The van der Waals surface area contributed by atoms with Crippen LogP contribution in [-0.4, -0.2) is 112 Å². The van der Waals surface area contributed by atoms with Crippen LogP contribution >= 0.6 is 12.6 Å². The second-order valence-corrected chi connectivity index (χ2v) is 12.4. The second kappa shape index (κ2) is 21.1. The van der Waals surface area contributed by atoms with Crippen molar-refractivity contribution in [2.45, 2.75) is 76.2 Å². The average Bonchev–Trinajstić information content (AvgIpc) is 3.51. The molecule has 1 aromatic heterocycles. The third-order valence-corrected chi connectivity index (χ3v) is 8.49. The van der Waals surface area contributed by atoms with Crippen molar-refractivity contribution in [2.75, 3.05) is 18.8 Å². The molecule has 0 unspecified atom stereocenters. The van der Waals surface area contributed by atoms with Gasteiger partial charge < -0.3 is 59.0 Å². The third-order valence-electron chi connectivity index (χ3n) is 8.12. The van der Waals surface area contributed by atoms with Crippen LogP contribution in [0.25, 0.3) is 10.9 Å². The minimum atomic E-state index is -1.72. The van der Waals surface area contributed by atoms with Gasteiger partial charge in [-0.15, -0.1) is 0 Å². The van der Waals surface area contributed by atoms with Gasteiger partial charge in [-0.1, -0.05) is 38.5 Å². The Hall–Kier alpha value is -5.37. The molecule has 0 spiro atoms. The van der Waals surface area contributed by atoms with E-state index in [1.54, 1.807) is 37.4 Å². The fourth-order valence-electron chi connectivity index (χ4n) is 4.93. The van der Waals surface area contributed by atoms with Gasteiger partial charge in [0, 0.05) is 35.8 Å². The number of aliphatic imine (C=N–C) groups is 1. The number of hydrogen-bond donors (Lipinski definition) is 12. The number of nitrogens with two attached hydrogens (primary N) is 3. The van der Waals surface area contributed by atoms with Crippen molar-refractivity contribution in [3.63, 3.8) is 0 Å². The summed E-state index contributed by atoms with van der Waals surface area (Å²) in [4.78, 5) is 95.8. The number of thiol groups is 1. The molecule has 286 valence electrons. The van der Waals surface area contributed by atoms with Crippen LogP contribution in [0.2, 0.25) is 0 Å². The third kappa shape index (κ3) is 13.7. The van der Waals surface area contributed by atoms with E-state index in [9.17, 15) is 38.7 Å². The summed E-state index contributed by atoms with van der Waals surface area (Å²) in [6, 6.07) is 0.547. The Morgan fingerprint density at radius 3 is 2.13 bits per heavy atom. The predicted molar refractivity (Wildman–Crippen MR) is 194 cm³/mol. The van der Waals surface area contributed by atoms with Gasteiger partial charge in [-0.05, 0) is 30.4 Å². The maximum atomic E-state index is 13.8. The number of carbonyl (C=O) groups excluding carboxylic acids is 5. The number of nitrogens with one attached hydrogen (secondary N) is 6. The second-order valence-electron chi connectivity index (χ2n) is 12.1. The highest BCUT2D eigenvalue weighted by Crippen LogP contribution is 2.19. The standard InChI is InChI=1S/C32H48N10O9S/c1-3-16(2)26(33)30(49)40-20(9-6-10-36-32(34)35)28(47)41-21(11-17-13-37-19-8-5-4-7-18(17)19)29(48)42-22(12-25(44)45)27(46)38-14-24(43)39-23(15-52)31(50)51/h4-5,7-8,13,16,20-23,26,37,52H,3,6,9-12,14-15,33H2,1-2H3,(H,38,46)(H,39,43)(H,40,49)(H,41,47)(H,42,48)(H,44,45)(H,50,51)(H4,34,35,36)/t16-,20-,21-,22-,23-,26-/m0/s1. The van der Waals surface area contributed by atoms with Crippen molar-refractivity contribution in [1.29, 1.82) is 0 Å². The molecule has 6 atom stereocenters. The minimum absolute atomic E-state index is 0.0467. The first-order valence-corrected chi connectivity index (χ1v) is 17.1. The number of guanidine groups is 1. The highest BCUT2D eigenvalue weighted by Gasteiger charge is 2.32. The lowest BCUT2D eigenvalue weighted by Crippen LogP contribution is -2.59. The van der Waals surface area contributed by atoms with Crippen molar-refractivity contribution in [1.82, 2.24) is 31.6 Å². The number of nitrogens with zero attached hydrogens (tertiary/aromatic N) is 1. The van der Waals surface area contributed by atoms with E-state index in [4.69, 9.17) is 22.3 Å². The van der Waals surface area contributed by atoms with Crippen LogP contribution in [0.3, 0.4) is 0 Å². The Bertz CT molecular complexity index is 1610. The van der Waals surface area contributed by atoms with Crippen LogP contribution in [0.1, 0.15) is 45.1 Å². The van der Waals surface area contributed by atoms with Gasteiger partial charge in [-0.25, -0.2) is 4.79 Å². The van der Waals surface area contributed by atoms with Crippen molar-refractivity contribution in [2.24, 2.45) is 28.1 Å². The van der Waals surface area contributed by atoms with Crippen LogP contribution in [0.15, 0.2) is 35.5 Å². The van der Waals surface area contributed by atoms with E-state index in [0.29, 0.717) is 12.0 Å². The Labute approximate surface area is 305 Å². The number of H-pyrrole nitrogens is 1. The summed E-state index contributed by atoms with van der Waals surface area (Å²) in [7, 11) is 0. The Kier molecular flexibility index (Phi) is 17.4. The van der Waals surface area contributed by atoms with Crippen molar-refractivity contribution >= 4 is 71.0 Å². The molecular formula is C32H48N10O9S. The lowest BCUT2D eigenvalue weighted by atomic mass is 9.98. The number of fused-ring (bicyclic) bond motifs is 1. The number of rotatable bonds is 22. The van der Waals surface area contributed by atoms with E-state index in [-0.39, 0.29) is 43.4 Å². The number of aromatic amines is 1. The molecule has 14 N–H and O–H groups in total. The van der Waals surface area contributed by atoms with Crippen LogP contribution in [0, 0.1) is 5.92 Å². The quantitative estimate of drug-likeness (QED) is 0.0261. The Balaban J connectivity index is 2.37. The zero-order valence-corrected chi connectivity index (χ0v) is 29.8. The van der Waals surface area contributed by atoms with Crippen molar-refractivity contribution in [3.8, 4) is 0 Å². The lowest BCUT2D eigenvalue weighted by Gasteiger charge is -2.26. The van der Waals surface area contributed by atoms with Crippen molar-refractivity contribution in [3.05, 3.63) is 36.0 Å². The largest absolute Gasteiger partial charge is 0.481 e. The molecule has 0 radical (unpaired) electrons. The summed E-state index contributed by atoms with van der Waals surface area (Å²) < 4.78 is 0. The van der Waals surface area contributed by atoms with Gasteiger partial charge in [-0.3, -0.25) is 33.8 Å². The molecule has 0 aliphatic rings. The molecule has 20 heteroatoms. The summed E-state index contributed by atoms with van der Waals surface area (Å²) in [5.74, 6) is -7.73. The van der Waals surface area contributed by atoms with E-state index in [1.165, 1.54) is 0 Å². The molecule has 0 aliphatic heterocycles. The number of hydrogen-bond acceptors (Lipinski definition) is 10. The fourth-order valence-corrected chi connectivity index (χ4v) is 5.18.